The van der Waals surface area contributed by atoms with E-state index in [1.807, 2.05) is 46.0 Å². The molecule has 2 aromatic heterocycles. The topological polar surface area (TPSA) is 82.8 Å². The first kappa shape index (κ1) is 21.8. The van der Waals surface area contributed by atoms with Crippen molar-refractivity contribution in [3.8, 4) is 11.4 Å². The van der Waals surface area contributed by atoms with Crippen LogP contribution in [0.2, 0.25) is 0 Å². The number of aromatic nitrogens is 2. The molecule has 0 radical (unpaired) electrons. The molecule has 0 saturated carbocycles. The molecule has 2 saturated heterocycles. The molecular formula is C24H27N5O3S. The molecule has 1 unspecified atom stereocenters. The maximum absolute atomic E-state index is 13.1. The molecule has 8 nitrogen and oxygen atoms in total. The van der Waals surface area contributed by atoms with Crippen LogP contribution in [0.3, 0.4) is 0 Å². The highest BCUT2D eigenvalue weighted by molar-refractivity contribution is 7.08. The maximum Gasteiger partial charge on any atom is 0.241 e. The predicted molar refractivity (Wildman–Crippen MR) is 126 cm³/mol. The van der Waals surface area contributed by atoms with Gasteiger partial charge in [0.05, 0.1) is 12.5 Å². The van der Waals surface area contributed by atoms with Gasteiger partial charge in [0.1, 0.15) is 0 Å². The Bertz CT molecular complexity index is 1100. The number of anilines is 1. The summed E-state index contributed by atoms with van der Waals surface area (Å²) in [7, 11) is 0. The van der Waals surface area contributed by atoms with Crippen LogP contribution in [0.25, 0.3) is 11.4 Å². The van der Waals surface area contributed by atoms with Crippen LogP contribution in [-0.4, -0.2) is 64.5 Å². The lowest BCUT2D eigenvalue weighted by Gasteiger charge is -2.35. The fraction of sp³-hybridized carbons (Fsp3) is 0.417. The summed E-state index contributed by atoms with van der Waals surface area (Å²) in [6.07, 6.45) is 1.24. The van der Waals surface area contributed by atoms with Crippen molar-refractivity contribution in [2.45, 2.75) is 26.3 Å². The second-order valence-electron chi connectivity index (χ2n) is 8.55. The predicted octanol–water partition coefficient (Wildman–Crippen LogP) is 3.06. The quantitative estimate of drug-likeness (QED) is 0.557. The van der Waals surface area contributed by atoms with E-state index in [9.17, 15) is 9.59 Å². The minimum atomic E-state index is -0.279. The van der Waals surface area contributed by atoms with E-state index >= 15 is 0 Å². The molecular weight excluding hydrogens is 438 g/mol. The van der Waals surface area contributed by atoms with Crippen molar-refractivity contribution in [1.82, 2.24) is 19.9 Å². The Hall–Kier alpha value is -3.04. The van der Waals surface area contributed by atoms with Gasteiger partial charge in [-0.05, 0) is 35.6 Å². The summed E-state index contributed by atoms with van der Waals surface area (Å²) in [5.74, 6) is 1.02. The number of hydrogen-bond donors (Lipinski definition) is 0. The van der Waals surface area contributed by atoms with Crippen LogP contribution in [0.1, 0.15) is 24.8 Å². The van der Waals surface area contributed by atoms with Crippen molar-refractivity contribution in [1.29, 1.82) is 0 Å². The number of nitrogens with zero attached hydrogens (tertiary/aromatic N) is 5. The smallest absolute Gasteiger partial charge is 0.241 e. The zero-order chi connectivity index (χ0) is 22.8. The van der Waals surface area contributed by atoms with Crippen LogP contribution in [0, 0.1) is 5.92 Å². The summed E-state index contributed by atoms with van der Waals surface area (Å²) in [6.45, 7) is 5.89. The van der Waals surface area contributed by atoms with Crippen molar-refractivity contribution in [3.63, 3.8) is 0 Å². The first-order chi connectivity index (χ1) is 16.1. The Balaban J connectivity index is 1.13. The highest BCUT2D eigenvalue weighted by Crippen LogP contribution is 2.27. The number of benzene rings is 1. The second kappa shape index (κ2) is 9.44. The fourth-order valence-electron chi connectivity index (χ4n) is 4.44. The molecule has 0 aliphatic carbocycles. The highest BCUT2D eigenvalue weighted by atomic mass is 32.1. The van der Waals surface area contributed by atoms with E-state index in [0.29, 0.717) is 37.9 Å². The first-order valence-corrected chi connectivity index (χ1v) is 12.3. The third kappa shape index (κ3) is 4.69. The summed E-state index contributed by atoms with van der Waals surface area (Å²) < 4.78 is 5.41. The molecule has 1 aromatic carbocycles. The molecule has 2 aliphatic rings. The monoisotopic (exact) mass is 465 g/mol. The van der Waals surface area contributed by atoms with Gasteiger partial charge >= 0.3 is 0 Å². The molecule has 172 valence electrons. The van der Waals surface area contributed by atoms with Crippen molar-refractivity contribution in [3.05, 3.63) is 52.5 Å². The normalized spacial score (nSPS) is 19.4. The molecule has 3 aromatic rings. The largest absolute Gasteiger partial charge is 0.340 e. The van der Waals surface area contributed by atoms with Crippen molar-refractivity contribution in [2.24, 2.45) is 5.92 Å². The van der Waals surface area contributed by atoms with Crippen molar-refractivity contribution in [2.75, 3.05) is 37.6 Å². The van der Waals surface area contributed by atoms with E-state index in [2.05, 4.69) is 22.0 Å². The number of aryl methyl sites for hydroxylation is 1. The Kier molecular flexibility index (Phi) is 6.24. The van der Waals surface area contributed by atoms with Gasteiger partial charge in [0.15, 0.2) is 0 Å². The lowest BCUT2D eigenvalue weighted by molar-refractivity contribution is -0.137. The van der Waals surface area contributed by atoms with Crippen LogP contribution in [-0.2, 0) is 22.6 Å². The molecule has 2 fully saturated rings. The Morgan fingerprint density at radius 1 is 1.15 bits per heavy atom. The number of amides is 2. The van der Waals surface area contributed by atoms with Crippen LogP contribution >= 0.6 is 11.3 Å². The van der Waals surface area contributed by atoms with Gasteiger partial charge < -0.3 is 14.3 Å². The van der Waals surface area contributed by atoms with Crippen molar-refractivity contribution >= 4 is 28.8 Å². The van der Waals surface area contributed by atoms with Gasteiger partial charge in [-0.2, -0.15) is 16.3 Å². The molecule has 2 amide bonds. The molecule has 5 rings (SSSR count). The van der Waals surface area contributed by atoms with Gasteiger partial charge in [0, 0.05) is 55.8 Å². The SMILES string of the molecule is CCc1ccc(N2CC(C(=O)N3CCN(Cc4nc(-c5ccsc5)no4)CC3)CC2=O)cc1. The Morgan fingerprint density at radius 3 is 2.64 bits per heavy atom. The minimum absolute atomic E-state index is 0.0223. The van der Waals surface area contributed by atoms with Crippen molar-refractivity contribution < 1.29 is 14.1 Å². The van der Waals surface area contributed by atoms with E-state index in [1.54, 1.807) is 16.2 Å². The number of carbonyl (C=O) groups is 2. The van der Waals surface area contributed by atoms with Crippen LogP contribution < -0.4 is 4.90 Å². The number of piperazine rings is 1. The fourth-order valence-corrected chi connectivity index (χ4v) is 5.07. The third-order valence-corrected chi connectivity index (χ3v) is 7.10. The minimum Gasteiger partial charge on any atom is -0.340 e. The second-order valence-corrected chi connectivity index (χ2v) is 9.33. The Labute approximate surface area is 196 Å². The first-order valence-electron chi connectivity index (χ1n) is 11.4. The number of thiophene rings is 1. The van der Waals surface area contributed by atoms with E-state index < -0.39 is 0 Å². The van der Waals surface area contributed by atoms with Gasteiger partial charge in [-0.3, -0.25) is 14.5 Å². The molecule has 2 aliphatic heterocycles. The molecule has 4 heterocycles. The summed E-state index contributed by atoms with van der Waals surface area (Å²) in [6, 6.07) is 10.0. The molecule has 1 atom stereocenters. The average molecular weight is 466 g/mol. The van der Waals surface area contributed by atoms with Gasteiger partial charge in [-0.25, -0.2) is 0 Å². The van der Waals surface area contributed by atoms with Gasteiger partial charge in [-0.15, -0.1) is 0 Å². The van der Waals surface area contributed by atoms with Crippen LogP contribution in [0.5, 0.6) is 0 Å². The molecule has 0 bridgehead atoms. The molecule has 0 spiro atoms. The molecule has 33 heavy (non-hydrogen) atoms. The average Bonchev–Trinajstić information content (AvgIpc) is 3.60. The lowest BCUT2D eigenvalue weighted by Crippen LogP contribution is -2.50. The maximum atomic E-state index is 13.1. The number of hydrogen-bond acceptors (Lipinski definition) is 7. The van der Waals surface area contributed by atoms with E-state index in [0.717, 1.165) is 30.8 Å². The summed E-state index contributed by atoms with van der Waals surface area (Å²) >= 11 is 1.60. The Morgan fingerprint density at radius 2 is 1.94 bits per heavy atom. The summed E-state index contributed by atoms with van der Waals surface area (Å²) in [5.41, 5.74) is 3.07. The van der Waals surface area contributed by atoms with Crippen LogP contribution in [0.4, 0.5) is 5.69 Å². The van der Waals surface area contributed by atoms with Gasteiger partial charge in [0.25, 0.3) is 0 Å². The lowest BCUT2D eigenvalue weighted by atomic mass is 10.1. The molecule has 9 heteroatoms. The van der Waals surface area contributed by atoms with E-state index in [1.165, 1.54) is 5.56 Å². The zero-order valence-corrected chi connectivity index (χ0v) is 19.5. The number of rotatable bonds is 6. The standard InChI is InChI=1S/C24H27N5O3S/c1-2-17-3-5-20(6-4-17)29-14-19(13-22(29)30)24(31)28-10-8-27(9-11-28)15-21-25-23(26-32-21)18-7-12-33-16-18/h3-7,12,16,19H,2,8-11,13-15H2,1H3. The van der Waals surface area contributed by atoms with Gasteiger partial charge in [0.2, 0.25) is 23.5 Å². The summed E-state index contributed by atoms with van der Waals surface area (Å²) in [4.78, 5) is 36.0. The van der Waals surface area contributed by atoms with Crippen LogP contribution in [0.15, 0.2) is 45.6 Å². The number of carbonyl (C=O) groups excluding carboxylic acids is 2. The molecule has 0 N–H and O–H groups in total. The summed E-state index contributed by atoms with van der Waals surface area (Å²) in [5, 5.41) is 8.04. The van der Waals surface area contributed by atoms with Gasteiger partial charge in [-0.1, -0.05) is 24.2 Å². The van der Waals surface area contributed by atoms with E-state index in [4.69, 9.17) is 4.52 Å². The third-order valence-electron chi connectivity index (χ3n) is 6.42. The van der Waals surface area contributed by atoms with E-state index in [-0.39, 0.29) is 24.2 Å². The highest BCUT2D eigenvalue weighted by Gasteiger charge is 2.38. The zero-order valence-electron chi connectivity index (χ0n) is 18.6.